The summed E-state index contributed by atoms with van der Waals surface area (Å²) in [6.45, 7) is 0. The molecule has 0 N–H and O–H groups in total. The molecule has 9 aromatic rings. The van der Waals surface area contributed by atoms with Crippen molar-refractivity contribution in [1.29, 1.82) is 0 Å². The molecule has 2 aliphatic carbocycles. The van der Waals surface area contributed by atoms with Gasteiger partial charge in [-0.3, -0.25) is 4.98 Å². The Bertz CT molecular complexity index is 2800. The number of rotatable bonds is 2. The van der Waals surface area contributed by atoms with Crippen molar-refractivity contribution in [2.75, 3.05) is 0 Å². The molecule has 2 heterocycles. The zero-order chi connectivity index (χ0) is 32.1. The molecular weight excluding hydrogens is 593 g/mol. The van der Waals surface area contributed by atoms with Crippen LogP contribution >= 0.6 is 0 Å². The molecule has 0 fully saturated rings. The number of hydrogen-bond donors (Lipinski definition) is 0. The van der Waals surface area contributed by atoms with Crippen molar-refractivity contribution < 1.29 is 0 Å². The maximum atomic E-state index is 5.39. The van der Waals surface area contributed by atoms with Crippen LogP contribution < -0.4 is 0 Å². The summed E-state index contributed by atoms with van der Waals surface area (Å²) >= 11 is 0. The lowest BCUT2D eigenvalue weighted by atomic mass is 9.70. The standard InChI is InChI=1S/C47H28N2/c1-9-22-42-30(12-1)27-32(28-48-42)29-13-11-14-31(26-29)46-37-24-25-41-45(44(37)36-18-5-10-23-43(36)49-46)35-17-4-8-21-40(35)47(41)38-19-6-2-15-33(38)34-16-3-7-20-39(34)47/h1-28H. The summed E-state index contributed by atoms with van der Waals surface area (Å²) in [4.78, 5) is 10.1. The summed E-state index contributed by atoms with van der Waals surface area (Å²) < 4.78 is 0. The van der Waals surface area contributed by atoms with Gasteiger partial charge in [-0.25, -0.2) is 4.98 Å². The van der Waals surface area contributed by atoms with Gasteiger partial charge in [0.05, 0.1) is 22.1 Å². The summed E-state index contributed by atoms with van der Waals surface area (Å²) in [7, 11) is 0. The van der Waals surface area contributed by atoms with Gasteiger partial charge < -0.3 is 0 Å². The molecule has 0 saturated heterocycles. The van der Waals surface area contributed by atoms with Crippen molar-refractivity contribution in [2.45, 2.75) is 5.41 Å². The van der Waals surface area contributed by atoms with E-state index in [0.29, 0.717) is 0 Å². The maximum absolute atomic E-state index is 5.39. The van der Waals surface area contributed by atoms with E-state index in [9.17, 15) is 0 Å². The molecule has 0 saturated carbocycles. The van der Waals surface area contributed by atoms with Gasteiger partial charge in [-0.15, -0.1) is 0 Å². The predicted molar refractivity (Wildman–Crippen MR) is 202 cm³/mol. The molecule has 7 aromatic carbocycles. The summed E-state index contributed by atoms with van der Waals surface area (Å²) in [6.07, 6.45) is 1.98. The molecule has 2 nitrogen and oxygen atoms in total. The molecule has 11 rings (SSSR count). The predicted octanol–water partition coefficient (Wildman–Crippen LogP) is 11.6. The Morgan fingerprint density at radius 3 is 1.84 bits per heavy atom. The van der Waals surface area contributed by atoms with Crippen molar-refractivity contribution >= 4 is 32.6 Å². The normalized spacial score (nSPS) is 13.5. The van der Waals surface area contributed by atoms with E-state index in [0.717, 1.165) is 44.2 Å². The molecule has 0 amide bonds. The first-order valence-electron chi connectivity index (χ1n) is 16.9. The molecule has 2 aromatic heterocycles. The number of hydrogen-bond acceptors (Lipinski definition) is 2. The monoisotopic (exact) mass is 620 g/mol. The van der Waals surface area contributed by atoms with Crippen LogP contribution in [0.5, 0.6) is 0 Å². The van der Waals surface area contributed by atoms with E-state index in [2.05, 4.69) is 158 Å². The van der Waals surface area contributed by atoms with Crippen LogP contribution in [0, 0.1) is 0 Å². The smallest absolute Gasteiger partial charge is 0.0788 e. The van der Waals surface area contributed by atoms with Gasteiger partial charge in [0.15, 0.2) is 0 Å². The minimum atomic E-state index is -0.388. The van der Waals surface area contributed by atoms with Gasteiger partial charge in [-0.05, 0) is 74.3 Å². The lowest BCUT2D eigenvalue weighted by Crippen LogP contribution is -2.25. The maximum Gasteiger partial charge on any atom is 0.0788 e. The van der Waals surface area contributed by atoms with Gasteiger partial charge >= 0.3 is 0 Å². The largest absolute Gasteiger partial charge is 0.256 e. The molecule has 0 bridgehead atoms. The number of fused-ring (bicyclic) bond motifs is 15. The summed E-state index contributed by atoms with van der Waals surface area (Å²) in [5.41, 5.74) is 16.6. The second-order valence-corrected chi connectivity index (χ2v) is 13.3. The van der Waals surface area contributed by atoms with Gasteiger partial charge in [0, 0.05) is 38.9 Å². The third-order valence-corrected chi connectivity index (χ3v) is 10.9. The fourth-order valence-corrected chi connectivity index (χ4v) is 8.92. The zero-order valence-electron chi connectivity index (χ0n) is 26.6. The zero-order valence-corrected chi connectivity index (χ0v) is 26.6. The fourth-order valence-electron chi connectivity index (χ4n) is 8.92. The van der Waals surface area contributed by atoms with E-state index in [1.165, 1.54) is 55.3 Å². The van der Waals surface area contributed by atoms with Crippen molar-refractivity contribution in [3.05, 3.63) is 192 Å². The molecule has 226 valence electrons. The van der Waals surface area contributed by atoms with E-state index >= 15 is 0 Å². The quantitative estimate of drug-likeness (QED) is 0.180. The van der Waals surface area contributed by atoms with Crippen molar-refractivity contribution in [3.63, 3.8) is 0 Å². The Hall–Kier alpha value is -6.38. The van der Waals surface area contributed by atoms with Crippen molar-refractivity contribution in [3.8, 4) is 44.6 Å². The van der Waals surface area contributed by atoms with Crippen LogP contribution in [-0.4, -0.2) is 9.97 Å². The Morgan fingerprint density at radius 1 is 0.408 bits per heavy atom. The summed E-state index contributed by atoms with van der Waals surface area (Å²) in [5, 5.41) is 4.75. The third-order valence-electron chi connectivity index (χ3n) is 10.9. The number of pyridine rings is 2. The van der Waals surface area contributed by atoms with Crippen LogP contribution in [0.2, 0.25) is 0 Å². The Kier molecular flexibility index (Phi) is 5.34. The Balaban J connectivity index is 1.23. The second-order valence-electron chi connectivity index (χ2n) is 13.3. The van der Waals surface area contributed by atoms with Crippen LogP contribution in [0.4, 0.5) is 0 Å². The summed E-state index contributed by atoms with van der Waals surface area (Å²) in [5.74, 6) is 0. The number of nitrogens with zero attached hydrogens (tertiary/aromatic N) is 2. The van der Waals surface area contributed by atoms with Gasteiger partial charge in [-0.1, -0.05) is 140 Å². The SMILES string of the molecule is c1cc(-c2cnc3ccccc3c2)cc(-c2nc3ccccc3c3c4c(ccc23)C2(c3ccccc3-c3ccccc32)c2ccccc2-4)c1. The average molecular weight is 621 g/mol. The topological polar surface area (TPSA) is 25.8 Å². The molecular formula is C47H28N2. The Morgan fingerprint density at radius 2 is 1.04 bits per heavy atom. The Labute approximate surface area is 284 Å². The van der Waals surface area contributed by atoms with Crippen LogP contribution in [-0.2, 0) is 5.41 Å². The first-order valence-corrected chi connectivity index (χ1v) is 16.9. The molecule has 1 spiro atoms. The highest BCUT2D eigenvalue weighted by Crippen LogP contribution is 2.64. The molecule has 2 heteroatoms. The number of aromatic nitrogens is 2. The third kappa shape index (κ3) is 3.50. The highest BCUT2D eigenvalue weighted by molar-refractivity contribution is 6.20. The highest BCUT2D eigenvalue weighted by atomic mass is 14.7. The molecule has 2 aliphatic rings. The van der Waals surface area contributed by atoms with E-state index in [-0.39, 0.29) is 5.41 Å². The minimum Gasteiger partial charge on any atom is -0.256 e. The van der Waals surface area contributed by atoms with E-state index in [4.69, 9.17) is 9.97 Å². The van der Waals surface area contributed by atoms with Crippen molar-refractivity contribution in [1.82, 2.24) is 9.97 Å². The molecule has 0 radical (unpaired) electrons. The minimum absolute atomic E-state index is 0.388. The molecule has 0 atom stereocenters. The second kappa shape index (κ2) is 9.82. The van der Waals surface area contributed by atoms with E-state index < -0.39 is 0 Å². The molecule has 0 aliphatic heterocycles. The number of benzene rings is 7. The van der Waals surface area contributed by atoms with Crippen LogP contribution in [0.25, 0.3) is 77.2 Å². The first-order chi connectivity index (χ1) is 24.3. The van der Waals surface area contributed by atoms with Gasteiger partial charge in [0.25, 0.3) is 0 Å². The lowest BCUT2D eigenvalue weighted by molar-refractivity contribution is 0.794. The molecule has 49 heavy (non-hydrogen) atoms. The van der Waals surface area contributed by atoms with Crippen molar-refractivity contribution in [2.24, 2.45) is 0 Å². The summed E-state index contributed by atoms with van der Waals surface area (Å²) in [6, 6.07) is 59.8. The molecule has 0 unspecified atom stereocenters. The van der Waals surface area contributed by atoms with E-state index in [1.54, 1.807) is 0 Å². The fraction of sp³-hybridized carbons (Fsp3) is 0.0213. The van der Waals surface area contributed by atoms with Gasteiger partial charge in [0.1, 0.15) is 0 Å². The highest BCUT2D eigenvalue weighted by Gasteiger charge is 2.52. The van der Waals surface area contributed by atoms with Gasteiger partial charge in [0.2, 0.25) is 0 Å². The van der Waals surface area contributed by atoms with Gasteiger partial charge in [-0.2, -0.15) is 0 Å². The average Bonchev–Trinajstić information content (AvgIpc) is 3.65. The lowest BCUT2D eigenvalue weighted by Gasteiger charge is -2.30. The van der Waals surface area contributed by atoms with Crippen LogP contribution in [0.1, 0.15) is 22.3 Å². The van der Waals surface area contributed by atoms with Crippen LogP contribution in [0.15, 0.2) is 170 Å². The first kappa shape index (κ1) is 26.7. The van der Waals surface area contributed by atoms with E-state index in [1.807, 2.05) is 12.3 Å². The number of para-hydroxylation sites is 2. The van der Waals surface area contributed by atoms with Crippen LogP contribution in [0.3, 0.4) is 0 Å².